The minimum Gasteiger partial charge on any atom is -0.480 e. The number of ether oxygens (including phenoxy) is 1. The van der Waals surface area contributed by atoms with E-state index in [-0.39, 0.29) is 12.2 Å². The Morgan fingerprint density at radius 1 is 1.38 bits per heavy atom. The van der Waals surface area contributed by atoms with Crippen molar-refractivity contribution in [3.8, 4) is 5.88 Å². The number of hydrogen-bond acceptors (Lipinski definition) is 4. The van der Waals surface area contributed by atoms with Gasteiger partial charge in [0.2, 0.25) is 5.88 Å². The van der Waals surface area contributed by atoms with Crippen LogP contribution >= 0.6 is 27.3 Å². The lowest BCUT2D eigenvalue weighted by Crippen LogP contribution is -2.07. The second-order valence-electron chi connectivity index (χ2n) is 4.22. The fourth-order valence-corrected chi connectivity index (χ4v) is 3.15. The Morgan fingerprint density at radius 3 is 2.76 bits per heavy atom. The molecule has 0 unspecified atom stereocenters. The Hall–Kier alpha value is -1.67. The van der Waals surface area contributed by atoms with Crippen LogP contribution in [-0.4, -0.2) is 16.5 Å². The molecule has 0 atom stereocenters. The molecule has 0 saturated heterocycles. The zero-order chi connectivity index (χ0) is 15.0. The van der Waals surface area contributed by atoms with Gasteiger partial charge < -0.3 is 10.1 Å². The zero-order valence-corrected chi connectivity index (χ0v) is 13.3. The van der Waals surface area contributed by atoms with Gasteiger partial charge in [-0.1, -0.05) is 15.9 Å². The third-order valence-electron chi connectivity index (χ3n) is 2.96. The summed E-state index contributed by atoms with van der Waals surface area (Å²) in [4.78, 5) is 5.05. The Kier molecular flexibility index (Phi) is 3.81. The van der Waals surface area contributed by atoms with E-state index in [0.29, 0.717) is 16.0 Å². The smallest absolute Gasteiger partial charge is 0.238 e. The number of thiazole rings is 1. The highest BCUT2D eigenvalue weighted by molar-refractivity contribution is 9.10. The highest BCUT2D eigenvalue weighted by Gasteiger charge is 2.16. The predicted molar refractivity (Wildman–Crippen MR) is 81.0 cm³/mol. The van der Waals surface area contributed by atoms with Gasteiger partial charge in [0.15, 0.2) is 4.96 Å². The molecule has 0 fully saturated rings. The number of fused-ring (bicyclic) bond motifs is 1. The van der Waals surface area contributed by atoms with E-state index in [9.17, 15) is 8.78 Å². The second-order valence-corrected chi connectivity index (χ2v) is 6.01. The Labute approximate surface area is 131 Å². The number of halogens is 3. The van der Waals surface area contributed by atoms with Gasteiger partial charge in [-0.2, -0.15) is 4.98 Å². The highest BCUT2D eigenvalue weighted by atomic mass is 79.9. The summed E-state index contributed by atoms with van der Waals surface area (Å²) in [5, 5.41) is 4.64. The number of benzene rings is 1. The van der Waals surface area contributed by atoms with E-state index in [1.54, 1.807) is 0 Å². The summed E-state index contributed by atoms with van der Waals surface area (Å²) in [6, 6.07) is 2.42. The summed E-state index contributed by atoms with van der Waals surface area (Å²) < 4.78 is 35.0. The first-order chi connectivity index (χ1) is 10.1. The van der Waals surface area contributed by atoms with Crippen LogP contribution in [0, 0.1) is 11.6 Å². The fourth-order valence-electron chi connectivity index (χ4n) is 2.02. The van der Waals surface area contributed by atoms with Gasteiger partial charge in [0, 0.05) is 16.0 Å². The summed E-state index contributed by atoms with van der Waals surface area (Å²) in [7, 11) is 1.51. The zero-order valence-electron chi connectivity index (χ0n) is 10.9. The molecular formula is C13H10BrF2N3OS. The van der Waals surface area contributed by atoms with E-state index in [2.05, 4.69) is 26.2 Å². The van der Waals surface area contributed by atoms with E-state index in [1.165, 1.54) is 30.6 Å². The van der Waals surface area contributed by atoms with E-state index in [1.807, 2.05) is 16.0 Å². The topological polar surface area (TPSA) is 38.6 Å². The molecule has 3 aromatic rings. The number of rotatable bonds is 4. The molecule has 0 saturated carbocycles. The number of anilines is 1. The van der Waals surface area contributed by atoms with Gasteiger partial charge in [0.1, 0.15) is 23.0 Å². The van der Waals surface area contributed by atoms with Crippen molar-refractivity contribution in [3.63, 3.8) is 0 Å². The largest absolute Gasteiger partial charge is 0.480 e. The number of imidazole rings is 1. The van der Waals surface area contributed by atoms with Crippen LogP contribution < -0.4 is 10.1 Å². The molecule has 4 nitrogen and oxygen atoms in total. The van der Waals surface area contributed by atoms with Crippen molar-refractivity contribution in [1.29, 1.82) is 0 Å². The van der Waals surface area contributed by atoms with Crippen LogP contribution in [0.1, 0.15) is 5.69 Å². The Bertz CT molecular complexity index is 779. The lowest BCUT2D eigenvalue weighted by atomic mass is 10.3. The maximum Gasteiger partial charge on any atom is 0.238 e. The summed E-state index contributed by atoms with van der Waals surface area (Å²) in [6.07, 6.45) is 1.83. The van der Waals surface area contributed by atoms with Gasteiger partial charge in [0.05, 0.1) is 13.7 Å². The number of hydrogen-bond donors (Lipinski definition) is 1. The molecule has 110 valence electrons. The lowest BCUT2D eigenvalue weighted by molar-refractivity contribution is 0.395. The summed E-state index contributed by atoms with van der Waals surface area (Å²) in [5.74, 6) is -0.883. The van der Waals surface area contributed by atoms with Gasteiger partial charge in [0.25, 0.3) is 0 Å². The highest BCUT2D eigenvalue weighted by Crippen LogP contribution is 2.27. The van der Waals surface area contributed by atoms with Crippen molar-refractivity contribution >= 4 is 37.9 Å². The van der Waals surface area contributed by atoms with E-state index >= 15 is 0 Å². The average molecular weight is 374 g/mol. The molecule has 0 aliphatic carbocycles. The van der Waals surface area contributed by atoms with Gasteiger partial charge in [-0.3, -0.25) is 4.40 Å². The number of methoxy groups -OCH3 is 1. The van der Waals surface area contributed by atoms with Crippen molar-refractivity contribution in [2.75, 3.05) is 12.4 Å². The fraction of sp³-hybridized carbons (Fsp3) is 0.154. The minimum absolute atomic E-state index is 0.176. The molecule has 1 aromatic carbocycles. The second kappa shape index (κ2) is 5.61. The Morgan fingerprint density at radius 2 is 2.10 bits per heavy atom. The van der Waals surface area contributed by atoms with Gasteiger partial charge in [-0.15, -0.1) is 11.3 Å². The Balaban J connectivity index is 1.91. The summed E-state index contributed by atoms with van der Waals surface area (Å²) in [5.41, 5.74) is 0.529. The van der Waals surface area contributed by atoms with Gasteiger partial charge >= 0.3 is 0 Å². The molecular weight excluding hydrogens is 364 g/mol. The first-order valence-electron chi connectivity index (χ1n) is 5.97. The maximum atomic E-state index is 13.8. The van der Waals surface area contributed by atoms with Gasteiger partial charge in [-0.05, 0) is 12.1 Å². The molecule has 2 heterocycles. The monoisotopic (exact) mass is 373 g/mol. The molecule has 0 aliphatic rings. The molecule has 0 bridgehead atoms. The standard InChI is InChI=1S/C13H10BrF2N3OS/c1-20-12-10(19-2-3-21-13(19)18-12)6-17-11-8(15)4-7(14)5-9(11)16/h2-5,17H,6H2,1H3. The van der Waals surface area contributed by atoms with Crippen molar-refractivity contribution in [3.05, 3.63) is 45.5 Å². The molecule has 3 rings (SSSR count). The number of aromatic nitrogens is 2. The van der Waals surface area contributed by atoms with Crippen molar-refractivity contribution in [2.45, 2.75) is 6.54 Å². The SMILES string of the molecule is COc1nc2sccn2c1CNc1c(F)cc(Br)cc1F. The average Bonchev–Trinajstić information content (AvgIpc) is 2.98. The number of nitrogens with one attached hydrogen (secondary N) is 1. The third kappa shape index (κ3) is 2.60. The quantitative estimate of drug-likeness (QED) is 0.749. The van der Waals surface area contributed by atoms with E-state index < -0.39 is 11.6 Å². The van der Waals surface area contributed by atoms with E-state index in [4.69, 9.17) is 4.74 Å². The van der Waals surface area contributed by atoms with Crippen LogP contribution in [0.4, 0.5) is 14.5 Å². The van der Waals surface area contributed by atoms with Crippen LogP contribution in [-0.2, 0) is 6.54 Å². The summed E-state index contributed by atoms with van der Waals surface area (Å²) in [6.45, 7) is 0.191. The van der Waals surface area contributed by atoms with Crippen molar-refractivity contribution in [2.24, 2.45) is 0 Å². The maximum absolute atomic E-state index is 13.8. The summed E-state index contributed by atoms with van der Waals surface area (Å²) >= 11 is 4.50. The van der Waals surface area contributed by atoms with Crippen LogP contribution in [0.15, 0.2) is 28.2 Å². The van der Waals surface area contributed by atoms with Crippen molar-refractivity contribution in [1.82, 2.24) is 9.38 Å². The van der Waals surface area contributed by atoms with Crippen molar-refractivity contribution < 1.29 is 13.5 Å². The molecule has 0 radical (unpaired) electrons. The van der Waals surface area contributed by atoms with Crippen LogP contribution in [0.5, 0.6) is 5.88 Å². The lowest BCUT2D eigenvalue weighted by Gasteiger charge is -2.09. The predicted octanol–water partition coefficient (Wildman–Crippen LogP) is 4.06. The molecule has 8 heteroatoms. The van der Waals surface area contributed by atoms with E-state index in [0.717, 1.165) is 4.96 Å². The molecule has 21 heavy (non-hydrogen) atoms. The van der Waals surface area contributed by atoms with Crippen LogP contribution in [0.3, 0.4) is 0 Å². The molecule has 0 spiro atoms. The first-order valence-corrected chi connectivity index (χ1v) is 7.64. The molecule has 1 N–H and O–H groups in total. The van der Waals surface area contributed by atoms with Crippen LogP contribution in [0.25, 0.3) is 4.96 Å². The molecule has 0 amide bonds. The number of nitrogens with zero attached hydrogens (tertiary/aromatic N) is 2. The first kappa shape index (κ1) is 14.3. The molecule has 0 aliphatic heterocycles. The third-order valence-corrected chi connectivity index (χ3v) is 4.17. The molecule has 2 aromatic heterocycles. The normalized spacial score (nSPS) is 11.0. The minimum atomic E-state index is -0.660. The van der Waals surface area contributed by atoms with Gasteiger partial charge in [-0.25, -0.2) is 8.78 Å². The van der Waals surface area contributed by atoms with Crippen LogP contribution in [0.2, 0.25) is 0 Å².